The molecule has 0 spiro atoms. The summed E-state index contributed by atoms with van der Waals surface area (Å²) in [5.74, 6) is 7.32. The lowest BCUT2D eigenvalue weighted by Gasteiger charge is -2.06. The van der Waals surface area contributed by atoms with E-state index in [-0.39, 0.29) is 0 Å². The fraction of sp³-hybridized carbons (Fsp3) is 0.462. The Morgan fingerprint density at radius 2 is 2.23 bits per heavy atom. The standard InChI is InChI=1S/C13H14/c1-3-5-6-9-13-11-7-10-12(13)8-4-2/h9,12-13H,1,7,10-11H2,2H3. The molecule has 1 saturated carbocycles. The molecule has 0 heterocycles. The van der Waals surface area contributed by atoms with Gasteiger partial charge in [-0.1, -0.05) is 23.8 Å². The molecule has 1 fully saturated rings. The van der Waals surface area contributed by atoms with Gasteiger partial charge < -0.3 is 0 Å². The summed E-state index contributed by atoms with van der Waals surface area (Å²) in [5, 5.41) is 0. The molecule has 13 heavy (non-hydrogen) atoms. The average Bonchev–Trinajstić information content (AvgIpc) is 2.54. The third kappa shape index (κ3) is 2.87. The minimum atomic E-state index is 0.532. The summed E-state index contributed by atoms with van der Waals surface area (Å²) in [6.07, 6.45) is 5.78. The minimum absolute atomic E-state index is 0.532. The first-order valence-corrected chi connectivity index (χ1v) is 4.66. The molecule has 0 aromatic heterocycles. The number of rotatable bonds is 1. The van der Waals surface area contributed by atoms with E-state index in [1.54, 1.807) is 0 Å². The quantitative estimate of drug-likeness (QED) is 0.419. The van der Waals surface area contributed by atoms with E-state index in [0.29, 0.717) is 11.8 Å². The number of allylic oxidation sites excluding steroid dienone is 1. The zero-order chi connectivity index (χ0) is 9.52. The monoisotopic (exact) mass is 170 g/mol. The van der Waals surface area contributed by atoms with Gasteiger partial charge in [-0.05, 0) is 44.1 Å². The van der Waals surface area contributed by atoms with Gasteiger partial charge in [-0.2, -0.15) is 0 Å². The van der Waals surface area contributed by atoms with E-state index in [1.165, 1.54) is 19.3 Å². The molecule has 2 unspecified atom stereocenters. The molecule has 0 N–H and O–H groups in total. The van der Waals surface area contributed by atoms with Gasteiger partial charge in [0.05, 0.1) is 0 Å². The third-order valence-electron chi connectivity index (χ3n) is 2.36. The third-order valence-corrected chi connectivity index (χ3v) is 2.36. The van der Waals surface area contributed by atoms with Crippen LogP contribution < -0.4 is 0 Å². The van der Waals surface area contributed by atoms with E-state index in [4.69, 9.17) is 0 Å². The van der Waals surface area contributed by atoms with Crippen LogP contribution in [0.3, 0.4) is 0 Å². The van der Waals surface area contributed by atoms with Gasteiger partial charge in [0.1, 0.15) is 0 Å². The fourth-order valence-corrected chi connectivity index (χ4v) is 1.75. The molecule has 0 radical (unpaired) electrons. The summed E-state index contributed by atoms with van der Waals surface area (Å²) < 4.78 is 0. The van der Waals surface area contributed by atoms with E-state index >= 15 is 0 Å². The van der Waals surface area contributed by atoms with E-state index in [0.717, 1.165) is 0 Å². The first-order valence-electron chi connectivity index (χ1n) is 4.66. The van der Waals surface area contributed by atoms with Gasteiger partial charge in [-0.3, -0.25) is 0 Å². The van der Waals surface area contributed by atoms with Crippen LogP contribution in [0.5, 0.6) is 0 Å². The van der Waals surface area contributed by atoms with Crippen LogP contribution in [0.1, 0.15) is 26.2 Å². The first-order chi connectivity index (χ1) is 6.38. The second-order valence-electron chi connectivity index (χ2n) is 3.21. The Morgan fingerprint density at radius 1 is 1.38 bits per heavy atom. The lowest BCUT2D eigenvalue weighted by Crippen LogP contribution is -2.01. The van der Waals surface area contributed by atoms with Crippen molar-refractivity contribution in [2.24, 2.45) is 11.8 Å². The minimum Gasteiger partial charge on any atom is -0.106 e. The van der Waals surface area contributed by atoms with Crippen LogP contribution in [0, 0.1) is 23.7 Å². The first kappa shape index (κ1) is 9.73. The van der Waals surface area contributed by atoms with Crippen molar-refractivity contribution >= 4 is 0 Å². The van der Waals surface area contributed by atoms with Crippen LogP contribution in [0.15, 0.2) is 29.8 Å². The molecule has 1 rings (SSSR count). The van der Waals surface area contributed by atoms with Crippen molar-refractivity contribution in [3.05, 3.63) is 29.8 Å². The van der Waals surface area contributed by atoms with Crippen LogP contribution in [-0.2, 0) is 0 Å². The summed E-state index contributed by atoms with van der Waals surface area (Å²) in [5.41, 5.74) is 8.23. The highest BCUT2D eigenvalue weighted by atomic mass is 14.3. The smallest absolute Gasteiger partial charge is 0.0271 e. The average molecular weight is 170 g/mol. The molecule has 2 atom stereocenters. The van der Waals surface area contributed by atoms with Gasteiger partial charge in [-0.25, -0.2) is 0 Å². The van der Waals surface area contributed by atoms with Crippen LogP contribution in [-0.4, -0.2) is 0 Å². The fourth-order valence-electron chi connectivity index (χ4n) is 1.75. The lowest BCUT2D eigenvalue weighted by molar-refractivity contribution is 0.577. The molecule has 1 aliphatic carbocycles. The molecular weight excluding hydrogens is 156 g/mol. The Morgan fingerprint density at radius 3 is 2.92 bits per heavy atom. The van der Waals surface area contributed by atoms with E-state index in [9.17, 15) is 0 Å². The summed E-state index contributed by atoms with van der Waals surface area (Å²) in [6.45, 7) is 5.33. The van der Waals surface area contributed by atoms with E-state index in [2.05, 4.69) is 41.7 Å². The van der Waals surface area contributed by atoms with Gasteiger partial charge in [0.15, 0.2) is 0 Å². The van der Waals surface area contributed by atoms with Crippen molar-refractivity contribution < 1.29 is 0 Å². The Balaban J connectivity index is 2.72. The Bertz CT molecular complexity index is 332. The molecule has 0 heteroatoms. The van der Waals surface area contributed by atoms with Crippen molar-refractivity contribution in [1.82, 2.24) is 0 Å². The maximum atomic E-state index is 3.43. The number of hydrogen-bond donors (Lipinski definition) is 0. The summed E-state index contributed by atoms with van der Waals surface area (Å²) in [7, 11) is 0. The highest BCUT2D eigenvalue weighted by molar-refractivity contribution is 5.09. The molecule has 0 nitrogen and oxygen atoms in total. The molecule has 0 aromatic rings. The van der Waals surface area contributed by atoms with E-state index < -0.39 is 0 Å². The Kier molecular flexibility index (Phi) is 3.98. The van der Waals surface area contributed by atoms with E-state index in [1.807, 2.05) is 6.92 Å². The van der Waals surface area contributed by atoms with Gasteiger partial charge >= 0.3 is 0 Å². The van der Waals surface area contributed by atoms with Gasteiger partial charge in [0, 0.05) is 5.92 Å². The predicted octanol–water partition coefficient (Wildman–Crippen LogP) is 3.08. The topological polar surface area (TPSA) is 0 Å². The van der Waals surface area contributed by atoms with Gasteiger partial charge in [0.25, 0.3) is 0 Å². The van der Waals surface area contributed by atoms with Gasteiger partial charge in [0.2, 0.25) is 0 Å². The van der Waals surface area contributed by atoms with Crippen molar-refractivity contribution in [3.63, 3.8) is 0 Å². The van der Waals surface area contributed by atoms with Crippen LogP contribution >= 0.6 is 0 Å². The maximum Gasteiger partial charge on any atom is 0.0271 e. The van der Waals surface area contributed by atoms with Crippen LogP contribution in [0.2, 0.25) is 0 Å². The van der Waals surface area contributed by atoms with Crippen LogP contribution in [0.4, 0.5) is 0 Å². The molecule has 0 bridgehead atoms. The largest absolute Gasteiger partial charge is 0.106 e. The molecule has 0 aliphatic heterocycles. The Hall–Kier alpha value is -1.36. The van der Waals surface area contributed by atoms with Crippen molar-refractivity contribution in [3.8, 4) is 11.8 Å². The summed E-state index contributed by atoms with van der Waals surface area (Å²) >= 11 is 0. The normalized spacial score (nSPS) is 24.7. The van der Waals surface area contributed by atoms with Crippen LogP contribution in [0.25, 0.3) is 0 Å². The summed E-state index contributed by atoms with van der Waals surface area (Å²) in [6, 6.07) is 0. The van der Waals surface area contributed by atoms with Gasteiger partial charge in [-0.15, -0.1) is 5.92 Å². The second-order valence-corrected chi connectivity index (χ2v) is 3.21. The second kappa shape index (κ2) is 5.31. The molecule has 0 amide bonds. The highest BCUT2D eigenvalue weighted by Crippen LogP contribution is 2.31. The lowest BCUT2D eigenvalue weighted by atomic mass is 9.97. The SMILES string of the molecule is C=C=C=C=CC1CCCC1C#CC. The molecule has 66 valence electrons. The summed E-state index contributed by atoms with van der Waals surface area (Å²) in [4.78, 5) is 0. The predicted molar refractivity (Wildman–Crippen MR) is 55.0 cm³/mol. The van der Waals surface area contributed by atoms with Crippen molar-refractivity contribution in [1.29, 1.82) is 0 Å². The molecule has 0 aromatic carbocycles. The zero-order valence-corrected chi connectivity index (χ0v) is 8.06. The molecule has 1 aliphatic rings. The zero-order valence-electron chi connectivity index (χ0n) is 8.06. The molecular formula is C13H14. The molecule has 0 saturated heterocycles. The van der Waals surface area contributed by atoms with Crippen molar-refractivity contribution in [2.75, 3.05) is 0 Å². The maximum absolute atomic E-state index is 3.43. The Labute approximate surface area is 80.4 Å². The number of hydrogen-bond acceptors (Lipinski definition) is 0. The van der Waals surface area contributed by atoms with Crippen molar-refractivity contribution in [2.45, 2.75) is 26.2 Å². The highest BCUT2D eigenvalue weighted by Gasteiger charge is 2.22.